The fourth-order valence-corrected chi connectivity index (χ4v) is 2.76. The molecule has 1 aromatic rings. The maximum atomic E-state index is 10.8. The Morgan fingerprint density at radius 2 is 2.07 bits per heavy atom. The lowest BCUT2D eigenvalue weighted by molar-refractivity contribution is -0.384. The van der Waals surface area contributed by atoms with E-state index in [1.807, 2.05) is 13.8 Å². The summed E-state index contributed by atoms with van der Waals surface area (Å²) in [6, 6.07) is 4.82. The lowest BCUT2D eigenvalue weighted by atomic mass is 9.71. The summed E-state index contributed by atoms with van der Waals surface area (Å²) >= 11 is 0. The first kappa shape index (κ1) is 23.1. The highest BCUT2D eigenvalue weighted by molar-refractivity contribution is 5.88. The molecule has 0 saturated heterocycles. The third kappa shape index (κ3) is 6.98. The van der Waals surface area contributed by atoms with Crippen LogP contribution < -0.4 is 0 Å². The van der Waals surface area contributed by atoms with E-state index in [0.717, 1.165) is 16.7 Å². The molecule has 1 aliphatic carbocycles. The monoisotopic (exact) mass is 388 g/mol. The zero-order valence-corrected chi connectivity index (χ0v) is 16.9. The minimum atomic E-state index is -0.390. The number of carbonyl (C=O) groups is 1. The molecule has 1 aliphatic rings. The summed E-state index contributed by atoms with van der Waals surface area (Å²) in [5.41, 5.74) is 3.05. The molecule has 152 valence electrons. The average Bonchev–Trinajstić information content (AvgIpc) is 2.66. The van der Waals surface area contributed by atoms with Gasteiger partial charge in [-0.25, -0.2) is 4.99 Å². The van der Waals surface area contributed by atoms with Crippen LogP contribution in [0.1, 0.15) is 44.2 Å². The Kier molecular flexibility index (Phi) is 9.08. The van der Waals surface area contributed by atoms with Crippen molar-refractivity contribution < 1.29 is 19.2 Å². The van der Waals surface area contributed by atoms with Gasteiger partial charge in [0.05, 0.1) is 18.6 Å². The van der Waals surface area contributed by atoms with Crippen molar-refractivity contribution in [3.63, 3.8) is 0 Å². The highest BCUT2D eigenvalue weighted by Crippen LogP contribution is 2.40. The predicted octanol–water partition coefficient (Wildman–Crippen LogP) is 4.84. The minimum absolute atomic E-state index is 0.0939. The molecule has 0 unspecified atom stereocenters. The van der Waals surface area contributed by atoms with Gasteiger partial charge in [0, 0.05) is 23.7 Å². The van der Waals surface area contributed by atoms with Gasteiger partial charge in [-0.15, -0.1) is 0 Å². The Bertz CT molecular complexity index is 764. The quantitative estimate of drug-likeness (QED) is 0.219. The second-order valence-electron chi connectivity index (χ2n) is 7.02. The largest absolute Gasteiger partial charge is 0.477 e. The van der Waals surface area contributed by atoms with E-state index in [2.05, 4.69) is 23.2 Å². The number of hydrogen-bond acceptors (Lipinski definition) is 6. The van der Waals surface area contributed by atoms with E-state index in [1.54, 1.807) is 24.4 Å². The van der Waals surface area contributed by atoms with E-state index in [1.165, 1.54) is 32.4 Å². The van der Waals surface area contributed by atoms with Gasteiger partial charge >= 0.3 is 0 Å². The second kappa shape index (κ2) is 11.0. The lowest BCUT2D eigenvalue weighted by Gasteiger charge is -2.37. The lowest BCUT2D eigenvalue weighted by Crippen LogP contribution is -2.31. The standard InChI is InChI=1S/C19H24N2O3.C2H4O2/c1-5-18(24-13-19(4)9-6-10-19)20-12-15(3)17-8-7-16(21(22)23)11-14(17)2;1-4-2-3/h5,7-8,11-12H,1,6,9-10,13H2,2-4H3;2H,1H3/b15-12+,20-18?;. The van der Waals surface area contributed by atoms with Crippen molar-refractivity contribution in [3.8, 4) is 0 Å². The van der Waals surface area contributed by atoms with Gasteiger partial charge in [0.15, 0.2) is 0 Å². The number of rotatable bonds is 7. The smallest absolute Gasteiger partial charge is 0.292 e. The number of methoxy groups -OCH3 is 1. The topological polar surface area (TPSA) is 91.0 Å². The molecule has 2 rings (SSSR count). The van der Waals surface area contributed by atoms with Crippen molar-refractivity contribution in [3.05, 3.63) is 58.3 Å². The summed E-state index contributed by atoms with van der Waals surface area (Å²) in [6.07, 6.45) is 6.96. The number of ether oxygens (including phenoxy) is 2. The molecule has 0 heterocycles. The molecular weight excluding hydrogens is 360 g/mol. The molecule has 1 saturated carbocycles. The predicted molar refractivity (Wildman–Crippen MR) is 110 cm³/mol. The number of hydrogen-bond donors (Lipinski definition) is 0. The summed E-state index contributed by atoms with van der Waals surface area (Å²) in [6.45, 7) is 10.8. The first-order valence-corrected chi connectivity index (χ1v) is 8.98. The Balaban J connectivity index is 0.000000892. The number of benzene rings is 1. The molecule has 0 aromatic heterocycles. The van der Waals surface area contributed by atoms with Gasteiger partial charge in [-0.3, -0.25) is 14.9 Å². The minimum Gasteiger partial charge on any atom is -0.477 e. The highest BCUT2D eigenvalue weighted by Gasteiger charge is 2.32. The molecule has 0 amide bonds. The van der Waals surface area contributed by atoms with Crippen molar-refractivity contribution in [1.82, 2.24) is 0 Å². The van der Waals surface area contributed by atoms with E-state index in [0.29, 0.717) is 19.0 Å². The van der Waals surface area contributed by atoms with Gasteiger partial charge in [-0.1, -0.05) is 19.9 Å². The van der Waals surface area contributed by atoms with Crippen molar-refractivity contribution in [2.75, 3.05) is 13.7 Å². The molecule has 0 bridgehead atoms. The number of allylic oxidation sites excluding steroid dienone is 1. The van der Waals surface area contributed by atoms with E-state index in [-0.39, 0.29) is 11.1 Å². The van der Waals surface area contributed by atoms with Crippen LogP contribution in [0.4, 0.5) is 5.69 Å². The Labute approximate surface area is 165 Å². The second-order valence-corrected chi connectivity index (χ2v) is 7.02. The third-order valence-corrected chi connectivity index (χ3v) is 4.63. The molecule has 7 nitrogen and oxygen atoms in total. The normalized spacial score (nSPS) is 15.4. The zero-order chi connectivity index (χ0) is 21.2. The molecule has 7 heteroatoms. The Hall–Kier alpha value is -2.96. The van der Waals surface area contributed by atoms with Crippen LogP contribution in [0, 0.1) is 22.5 Å². The zero-order valence-electron chi connectivity index (χ0n) is 16.9. The molecule has 28 heavy (non-hydrogen) atoms. The number of nitro groups is 1. The number of aryl methyl sites for hydroxylation is 1. The van der Waals surface area contributed by atoms with Crippen molar-refractivity contribution in [1.29, 1.82) is 0 Å². The summed E-state index contributed by atoms with van der Waals surface area (Å²) in [5, 5.41) is 10.8. The first-order chi connectivity index (χ1) is 13.3. The van der Waals surface area contributed by atoms with E-state index in [9.17, 15) is 10.1 Å². The van der Waals surface area contributed by atoms with E-state index in [4.69, 9.17) is 9.53 Å². The summed E-state index contributed by atoms with van der Waals surface area (Å²) in [4.78, 5) is 23.7. The van der Waals surface area contributed by atoms with Gasteiger partial charge in [0.1, 0.15) is 0 Å². The SMILES string of the molecule is C=CC(=N/C=C(\C)c1ccc([N+](=O)[O-])cc1C)OCC1(C)CCC1.COC=O. The van der Waals surface area contributed by atoms with Crippen LogP contribution in [-0.4, -0.2) is 31.0 Å². The molecule has 0 atom stereocenters. The number of aliphatic imine (C=N–C) groups is 1. The van der Waals surface area contributed by atoms with Crippen LogP contribution in [0.25, 0.3) is 5.57 Å². The summed E-state index contributed by atoms with van der Waals surface area (Å²) in [5.74, 6) is 0.502. The Morgan fingerprint density at radius 1 is 1.43 bits per heavy atom. The molecule has 1 aromatic carbocycles. The van der Waals surface area contributed by atoms with Gasteiger partial charge in [-0.05, 0) is 55.5 Å². The van der Waals surface area contributed by atoms with Crippen molar-refractivity contribution >= 4 is 23.6 Å². The molecule has 0 N–H and O–H groups in total. The fourth-order valence-electron chi connectivity index (χ4n) is 2.76. The highest BCUT2D eigenvalue weighted by atomic mass is 16.6. The molecule has 0 spiro atoms. The van der Waals surface area contributed by atoms with Gasteiger partial charge in [0.25, 0.3) is 12.2 Å². The van der Waals surface area contributed by atoms with Gasteiger partial charge < -0.3 is 9.47 Å². The maximum Gasteiger partial charge on any atom is 0.292 e. The van der Waals surface area contributed by atoms with E-state index < -0.39 is 4.92 Å². The number of nitrogens with zero attached hydrogens (tertiary/aromatic N) is 2. The first-order valence-electron chi connectivity index (χ1n) is 8.98. The Morgan fingerprint density at radius 3 is 2.50 bits per heavy atom. The third-order valence-electron chi connectivity index (χ3n) is 4.63. The molecule has 0 radical (unpaired) electrons. The van der Waals surface area contributed by atoms with Crippen molar-refractivity contribution in [2.45, 2.75) is 40.0 Å². The maximum absolute atomic E-state index is 10.8. The number of non-ortho nitro benzene ring substituents is 1. The van der Waals surface area contributed by atoms with Crippen molar-refractivity contribution in [2.24, 2.45) is 10.4 Å². The summed E-state index contributed by atoms with van der Waals surface area (Å²) < 4.78 is 9.62. The molecular formula is C21H28N2O5. The van der Waals surface area contributed by atoms with Crippen LogP contribution in [-0.2, 0) is 14.3 Å². The molecule has 1 fully saturated rings. The number of carbonyl (C=O) groups excluding carboxylic acids is 1. The van der Waals surface area contributed by atoms with E-state index >= 15 is 0 Å². The average molecular weight is 388 g/mol. The molecule has 0 aliphatic heterocycles. The summed E-state index contributed by atoms with van der Waals surface area (Å²) in [7, 11) is 1.31. The van der Waals surface area contributed by atoms with Crippen LogP contribution in [0.2, 0.25) is 0 Å². The fraction of sp³-hybridized carbons (Fsp3) is 0.429. The van der Waals surface area contributed by atoms with Crippen LogP contribution >= 0.6 is 0 Å². The van der Waals surface area contributed by atoms with Gasteiger partial charge in [0.2, 0.25) is 5.90 Å². The van der Waals surface area contributed by atoms with Gasteiger partial charge in [-0.2, -0.15) is 0 Å². The van der Waals surface area contributed by atoms with Crippen LogP contribution in [0.5, 0.6) is 0 Å². The number of nitro benzene ring substituents is 1. The van der Waals surface area contributed by atoms with Crippen LogP contribution in [0.15, 0.2) is 42.0 Å². The van der Waals surface area contributed by atoms with Crippen LogP contribution in [0.3, 0.4) is 0 Å².